The number of rotatable bonds is 5. The second-order valence-corrected chi connectivity index (χ2v) is 6.62. The molecule has 132 valence electrons. The van der Waals surface area contributed by atoms with Crippen molar-refractivity contribution in [3.8, 4) is 11.5 Å². The van der Waals surface area contributed by atoms with Crippen LogP contribution in [0.2, 0.25) is 0 Å². The van der Waals surface area contributed by atoms with Crippen LogP contribution in [0.15, 0.2) is 18.2 Å². The van der Waals surface area contributed by atoms with Gasteiger partial charge in [-0.05, 0) is 23.6 Å². The lowest BCUT2D eigenvalue weighted by Crippen LogP contribution is -2.45. The number of amides is 1. The number of benzene rings is 1. The molecular weight excluding hydrogens is 308 g/mol. The van der Waals surface area contributed by atoms with E-state index >= 15 is 0 Å². The van der Waals surface area contributed by atoms with Gasteiger partial charge >= 0.3 is 0 Å². The van der Waals surface area contributed by atoms with Crippen LogP contribution in [-0.4, -0.2) is 44.9 Å². The van der Waals surface area contributed by atoms with E-state index in [4.69, 9.17) is 14.2 Å². The molecule has 2 N–H and O–H groups in total. The van der Waals surface area contributed by atoms with E-state index in [-0.39, 0.29) is 23.9 Å². The van der Waals surface area contributed by atoms with E-state index in [0.717, 1.165) is 23.6 Å². The Morgan fingerprint density at radius 2 is 2.04 bits per heavy atom. The molecule has 0 aliphatic carbocycles. The van der Waals surface area contributed by atoms with Crippen molar-refractivity contribution in [3.63, 3.8) is 0 Å². The number of ether oxygens (including phenoxy) is 3. The maximum atomic E-state index is 12.4. The highest BCUT2D eigenvalue weighted by Crippen LogP contribution is 2.34. The molecule has 0 bridgehead atoms. The van der Waals surface area contributed by atoms with Crippen molar-refractivity contribution in [2.45, 2.75) is 32.4 Å². The van der Waals surface area contributed by atoms with Crippen molar-refractivity contribution in [1.82, 2.24) is 10.6 Å². The number of nitrogens with one attached hydrogen (secondary N) is 2. The van der Waals surface area contributed by atoms with Gasteiger partial charge in [-0.25, -0.2) is 0 Å². The first kappa shape index (κ1) is 17.0. The zero-order valence-corrected chi connectivity index (χ0v) is 14.3. The minimum absolute atomic E-state index is 0.0339. The lowest BCUT2D eigenvalue weighted by molar-refractivity contribution is -0.123. The first-order chi connectivity index (χ1) is 11.6. The van der Waals surface area contributed by atoms with Gasteiger partial charge in [0, 0.05) is 19.0 Å². The molecular formula is C18H26N2O4. The zero-order valence-electron chi connectivity index (χ0n) is 14.3. The lowest BCUT2D eigenvalue weighted by atomic mass is 9.95. The molecule has 0 spiro atoms. The Labute approximate surface area is 142 Å². The summed E-state index contributed by atoms with van der Waals surface area (Å²) in [6, 6.07) is 5.92. The third-order valence-corrected chi connectivity index (χ3v) is 4.34. The highest BCUT2D eigenvalue weighted by molar-refractivity contribution is 5.77. The van der Waals surface area contributed by atoms with Gasteiger partial charge in [-0.2, -0.15) is 0 Å². The molecule has 2 atom stereocenters. The van der Waals surface area contributed by atoms with Crippen LogP contribution in [-0.2, 0) is 9.53 Å². The summed E-state index contributed by atoms with van der Waals surface area (Å²) in [6.45, 7) is 7.44. The van der Waals surface area contributed by atoms with E-state index in [1.54, 1.807) is 0 Å². The van der Waals surface area contributed by atoms with Gasteiger partial charge in [-0.1, -0.05) is 19.9 Å². The normalized spacial score (nSPS) is 21.4. The summed E-state index contributed by atoms with van der Waals surface area (Å²) in [5.74, 6) is 1.82. The molecule has 2 unspecified atom stereocenters. The molecule has 6 nitrogen and oxygen atoms in total. The number of carbonyl (C=O) groups excluding carboxylic acids is 1. The highest BCUT2D eigenvalue weighted by atomic mass is 16.6. The van der Waals surface area contributed by atoms with Crippen molar-refractivity contribution in [1.29, 1.82) is 0 Å². The molecule has 24 heavy (non-hydrogen) atoms. The van der Waals surface area contributed by atoms with Crippen LogP contribution in [0.5, 0.6) is 11.5 Å². The third kappa shape index (κ3) is 4.19. The quantitative estimate of drug-likeness (QED) is 0.857. The molecule has 2 aliphatic heterocycles. The monoisotopic (exact) mass is 334 g/mol. The van der Waals surface area contributed by atoms with E-state index in [1.165, 1.54) is 0 Å². The summed E-state index contributed by atoms with van der Waals surface area (Å²) in [4.78, 5) is 12.4. The predicted octanol–water partition coefficient (Wildman–Crippen LogP) is 1.65. The van der Waals surface area contributed by atoms with Gasteiger partial charge < -0.3 is 24.8 Å². The van der Waals surface area contributed by atoms with E-state index in [1.807, 2.05) is 18.2 Å². The fraction of sp³-hybridized carbons (Fsp3) is 0.611. The molecule has 2 heterocycles. The Morgan fingerprint density at radius 1 is 1.25 bits per heavy atom. The average Bonchev–Trinajstić information content (AvgIpc) is 2.60. The first-order valence-electron chi connectivity index (χ1n) is 8.63. The maximum Gasteiger partial charge on any atom is 0.222 e. The van der Waals surface area contributed by atoms with Crippen LogP contribution in [0.3, 0.4) is 0 Å². The second kappa shape index (κ2) is 7.85. The van der Waals surface area contributed by atoms with Crippen LogP contribution in [0.4, 0.5) is 0 Å². The molecule has 1 saturated heterocycles. The van der Waals surface area contributed by atoms with Gasteiger partial charge in [-0.3, -0.25) is 4.79 Å². The summed E-state index contributed by atoms with van der Waals surface area (Å²) in [5, 5.41) is 6.47. The average molecular weight is 334 g/mol. The fourth-order valence-corrected chi connectivity index (χ4v) is 3.10. The van der Waals surface area contributed by atoms with Gasteiger partial charge in [-0.15, -0.1) is 0 Å². The zero-order chi connectivity index (χ0) is 16.9. The third-order valence-electron chi connectivity index (χ3n) is 4.34. The standard InChI is InChI=1S/C18H26N2O4/c1-12(2)18(20-17(21)10-14-11-22-6-5-19-14)13-3-4-15-16(9-13)24-8-7-23-15/h3-4,9,12,14,18-19H,5-8,10-11H2,1-2H3,(H,20,21). The Morgan fingerprint density at radius 3 is 2.75 bits per heavy atom. The summed E-state index contributed by atoms with van der Waals surface area (Å²) < 4.78 is 16.6. The minimum Gasteiger partial charge on any atom is -0.486 e. The van der Waals surface area contributed by atoms with E-state index in [0.29, 0.717) is 32.8 Å². The van der Waals surface area contributed by atoms with Gasteiger partial charge in [0.2, 0.25) is 5.91 Å². The first-order valence-corrected chi connectivity index (χ1v) is 8.63. The molecule has 6 heteroatoms. The summed E-state index contributed by atoms with van der Waals surface area (Å²) in [6.07, 6.45) is 0.424. The Kier molecular flexibility index (Phi) is 5.58. The van der Waals surface area contributed by atoms with Crippen LogP contribution < -0.4 is 20.1 Å². The largest absolute Gasteiger partial charge is 0.486 e. The number of morpholine rings is 1. The summed E-state index contributed by atoms with van der Waals surface area (Å²) in [7, 11) is 0. The van der Waals surface area contributed by atoms with Crippen LogP contribution in [0.1, 0.15) is 31.9 Å². The molecule has 1 fully saturated rings. The topological polar surface area (TPSA) is 68.8 Å². The number of carbonyl (C=O) groups is 1. The van der Waals surface area contributed by atoms with Crippen molar-refractivity contribution in [2.24, 2.45) is 5.92 Å². The van der Waals surface area contributed by atoms with Crippen molar-refractivity contribution < 1.29 is 19.0 Å². The predicted molar refractivity (Wildman–Crippen MR) is 90.4 cm³/mol. The van der Waals surface area contributed by atoms with Gasteiger partial charge in [0.05, 0.1) is 19.3 Å². The number of hydrogen-bond acceptors (Lipinski definition) is 5. The van der Waals surface area contributed by atoms with Crippen molar-refractivity contribution in [2.75, 3.05) is 33.0 Å². The van der Waals surface area contributed by atoms with Crippen LogP contribution in [0.25, 0.3) is 0 Å². The molecule has 0 radical (unpaired) electrons. The highest BCUT2D eigenvalue weighted by Gasteiger charge is 2.23. The molecule has 1 aromatic carbocycles. The molecule has 2 aliphatic rings. The molecule has 1 aromatic rings. The molecule has 3 rings (SSSR count). The second-order valence-electron chi connectivity index (χ2n) is 6.62. The van der Waals surface area contributed by atoms with Gasteiger partial charge in [0.25, 0.3) is 0 Å². The van der Waals surface area contributed by atoms with E-state index in [2.05, 4.69) is 24.5 Å². The Hall–Kier alpha value is -1.79. The summed E-state index contributed by atoms with van der Waals surface area (Å²) >= 11 is 0. The van der Waals surface area contributed by atoms with Crippen molar-refractivity contribution in [3.05, 3.63) is 23.8 Å². The lowest BCUT2D eigenvalue weighted by Gasteiger charge is -2.27. The van der Waals surface area contributed by atoms with E-state index < -0.39 is 0 Å². The van der Waals surface area contributed by atoms with E-state index in [9.17, 15) is 4.79 Å². The van der Waals surface area contributed by atoms with Gasteiger partial charge in [0.15, 0.2) is 11.5 Å². The SMILES string of the molecule is CC(C)C(NC(=O)CC1COCCN1)c1ccc2c(c1)OCCO2. The molecule has 1 amide bonds. The summed E-state index contributed by atoms with van der Waals surface area (Å²) in [5.41, 5.74) is 1.04. The number of hydrogen-bond donors (Lipinski definition) is 2. The van der Waals surface area contributed by atoms with Crippen molar-refractivity contribution >= 4 is 5.91 Å². The Balaban J connectivity index is 1.66. The number of fused-ring (bicyclic) bond motifs is 1. The van der Waals surface area contributed by atoms with Crippen LogP contribution in [0, 0.1) is 5.92 Å². The van der Waals surface area contributed by atoms with Crippen LogP contribution >= 0.6 is 0 Å². The maximum absolute atomic E-state index is 12.4. The smallest absolute Gasteiger partial charge is 0.222 e. The molecule has 0 aromatic heterocycles. The fourth-order valence-electron chi connectivity index (χ4n) is 3.10. The minimum atomic E-state index is -0.0576. The molecule has 0 saturated carbocycles. The van der Waals surface area contributed by atoms with Gasteiger partial charge in [0.1, 0.15) is 13.2 Å². The Bertz CT molecular complexity index is 570.